The van der Waals surface area contributed by atoms with Crippen LogP contribution in [0.1, 0.15) is 27.9 Å². The Morgan fingerprint density at radius 1 is 1.25 bits per heavy atom. The molecule has 1 aliphatic heterocycles. The quantitative estimate of drug-likeness (QED) is 0.839. The van der Waals surface area contributed by atoms with E-state index in [0.29, 0.717) is 17.8 Å². The largest absolute Gasteiger partial charge is 0.497 e. The van der Waals surface area contributed by atoms with Gasteiger partial charge in [0.25, 0.3) is 0 Å². The van der Waals surface area contributed by atoms with E-state index in [1.807, 2.05) is 37.3 Å². The summed E-state index contributed by atoms with van der Waals surface area (Å²) in [6.07, 6.45) is 1.98. The van der Waals surface area contributed by atoms with Crippen molar-refractivity contribution in [2.75, 3.05) is 7.11 Å². The van der Waals surface area contributed by atoms with Gasteiger partial charge in [0.2, 0.25) is 0 Å². The van der Waals surface area contributed by atoms with Crippen LogP contribution in [0.3, 0.4) is 0 Å². The summed E-state index contributed by atoms with van der Waals surface area (Å²) in [6.45, 7) is 1.91. The molecular formula is C16H14N2O2. The van der Waals surface area contributed by atoms with E-state index < -0.39 is 0 Å². The number of methoxy groups -OCH3 is 1. The molecule has 0 atom stereocenters. The van der Waals surface area contributed by atoms with Crippen molar-refractivity contribution in [3.63, 3.8) is 0 Å². The zero-order valence-corrected chi connectivity index (χ0v) is 11.4. The highest BCUT2D eigenvalue weighted by Crippen LogP contribution is 2.28. The average Bonchev–Trinajstić information content (AvgIpc) is 2.47. The molecule has 1 aliphatic rings. The Morgan fingerprint density at radius 2 is 2.10 bits per heavy atom. The second-order valence-electron chi connectivity index (χ2n) is 4.72. The summed E-state index contributed by atoms with van der Waals surface area (Å²) in [4.78, 5) is 21.0. The molecule has 0 saturated heterocycles. The predicted molar refractivity (Wildman–Crippen MR) is 77.1 cm³/mol. The summed E-state index contributed by atoms with van der Waals surface area (Å²) in [7, 11) is 1.62. The number of ether oxygens (including phenoxy) is 1. The van der Waals surface area contributed by atoms with Crippen molar-refractivity contribution in [3.8, 4) is 5.75 Å². The van der Waals surface area contributed by atoms with Crippen LogP contribution >= 0.6 is 0 Å². The van der Waals surface area contributed by atoms with Crippen molar-refractivity contribution in [1.82, 2.24) is 4.98 Å². The van der Waals surface area contributed by atoms with Crippen molar-refractivity contribution < 1.29 is 9.53 Å². The van der Waals surface area contributed by atoms with E-state index >= 15 is 0 Å². The number of rotatable bonds is 2. The number of carbonyl (C=O) groups excluding carboxylic acids is 1. The molecule has 3 rings (SSSR count). The van der Waals surface area contributed by atoms with E-state index in [-0.39, 0.29) is 5.78 Å². The number of fused-ring (bicyclic) bond motifs is 1. The lowest BCUT2D eigenvalue weighted by Gasteiger charge is -2.16. The van der Waals surface area contributed by atoms with Crippen LogP contribution in [0.4, 0.5) is 5.82 Å². The maximum absolute atomic E-state index is 12.3. The van der Waals surface area contributed by atoms with Gasteiger partial charge in [0.05, 0.1) is 24.8 Å². The molecule has 0 fully saturated rings. The number of Topliss-reactive ketones (excluding diaryl/α,β-unsaturated/α-hetero) is 1. The van der Waals surface area contributed by atoms with E-state index in [1.54, 1.807) is 13.3 Å². The summed E-state index contributed by atoms with van der Waals surface area (Å²) in [5, 5.41) is 0. The Balaban J connectivity index is 2.10. The number of hydrogen-bond donors (Lipinski definition) is 0. The molecule has 0 bridgehead atoms. The molecule has 4 heteroatoms. The van der Waals surface area contributed by atoms with Crippen LogP contribution in [0.5, 0.6) is 5.75 Å². The first-order valence-corrected chi connectivity index (χ1v) is 6.40. The molecule has 0 spiro atoms. The lowest BCUT2D eigenvalue weighted by molar-refractivity contribution is 0.0999. The van der Waals surface area contributed by atoms with Crippen LogP contribution in [0, 0.1) is 6.92 Å². The number of aryl methyl sites for hydroxylation is 1. The monoisotopic (exact) mass is 266 g/mol. The molecule has 100 valence electrons. The van der Waals surface area contributed by atoms with Gasteiger partial charge in [0, 0.05) is 11.8 Å². The standard InChI is InChI=1S/C16H14N2O2/c1-10-6-7-17-16-15(10)14(19)9-13(18-16)11-4-3-5-12(8-11)20-2/h3-8H,9H2,1-2H3. The van der Waals surface area contributed by atoms with Crippen molar-refractivity contribution in [2.24, 2.45) is 4.99 Å². The van der Waals surface area contributed by atoms with Gasteiger partial charge in [-0.15, -0.1) is 0 Å². The average molecular weight is 266 g/mol. The predicted octanol–water partition coefficient (Wildman–Crippen LogP) is 3.11. The molecule has 1 aromatic carbocycles. The van der Waals surface area contributed by atoms with Crippen LogP contribution in [0.25, 0.3) is 0 Å². The van der Waals surface area contributed by atoms with Crippen molar-refractivity contribution in [3.05, 3.63) is 53.2 Å². The Morgan fingerprint density at radius 3 is 2.90 bits per heavy atom. The van der Waals surface area contributed by atoms with Crippen molar-refractivity contribution in [1.29, 1.82) is 0 Å². The Bertz CT molecular complexity index is 720. The number of pyridine rings is 1. The second-order valence-corrected chi connectivity index (χ2v) is 4.72. The minimum atomic E-state index is 0.0680. The van der Waals surface area contributed by atoms with Gasteiger partial charge in [0.1, 0.15) is 5.75 Å². The summed E-state index contributed by atoms with van der Waals surface area (Å²) in [6, 6.07) is 9.40. The van der Waals surface area contributed by atoms with Crippen LogP contribution in [-0.4, -0.2) is 23.6 Å². The number of hydrogen-bond acceptors (Lipinski definition) is 4. The lowest BCUT2D eigenvalue weighted by atomic mass is 9.95. The topological polar surface area (TPSA) is 51.6 Å². The third kappa shape index (κ3) is 2.09. The second kappa shape index (κ2) is 4.89. The van der Waals surface area contributed by atoms with E-state index in [2.05, 4.69) is 9.98 Å². The highest BCUT2D eigenvalue weighted by molar-refractivity contribution is 6.21. The smallest absolute Gasteiger partial charge is 0.172 e. The molecule has 20 heavy (non-hydrogen) atoms. The van der Waals surface area contributed by atoms with Gasteiger partial charge in [-0.1, -0.05) is 12.1 Å². The summed E-state index contributed by atoms with van der Waals surface area (Å²) >= 11 is 0. The van der Waals surface area contributed by atoms with Crippen LogP contribution in [-0.2, 0) is 0 Å². The fraction of sp³-hybridized carbons (Fsp3) is 0.188. The van der Waals surface area contributed by atoms with E-state index in [1.165, 1.54) is 0 Å². The number of aromatic nitrogens is 1. The zero-order chi connectivity index (χ0) is 14.1. The van der Waals surface area contributed by atoms with Gasteiger partial charge in [0.15, 0.2) is 11.6 Å². The van der Waals surface area contributed by atoms with Crippen LogP contribution in [0.2, 0.25) is 0 Å². The molecule has 0 N–H and O–H groups in total. The van der Waals surface area contributed by atoms with E-state index in [0.717, 1.165) is 22.6 Å². The summed E-state index contributed by atoms with van der Waals surface area (Å²) in [5.41, 5.74) is 3.19. The third-order valence-electron chi connectivity index (χ3n) is 3.39. The normalized spacial score (nSPS) is 13.7. The fourth-order valence-electron chi connectivity index (χ4n) is 2.35. The van der Waals surface area contributed by atoms with Gasteiger partial charge < -0.3 is 4.74 Å². The van der Waals surface area contributed by atoms with Gasteiger partial charge in [-0.2, -0.15) is 0 Å². The van der Waals surface area contributed by atoms with Crippen molar-refractivity contribution >= 4 is 17.3 Å². The third-order valence-corrected chi connectivity index (χ3v) is 3.39. The first-order chi connectivity index (χ1) is 9.69. The molecule has 0 amide bonds. The molecule has 2 aromatic rings. The SMILES string of the molecule is COc1cccc(C2=Nc3nccc(C)c3C(=O)C2)c1. The molecule has 1 aromatic heterocycles. The molecule has 0 saturated carbocycles. The molecule has 0 aliphatic carbocycles. The zero-order valence-electron chi connectivity index (χ0n) is 11.4. The molecule has 0 radical (unpaired) electrons. The lowest BCUT2D eigenvalue weighted by Crippen LogP contribution is -2.16. The van der Waals surface area contributed by atoms with Gasteiger partial charge in [-0.05, 0) is 30.7 Å². The molecule has 2 heterocycles. The first-order valence-electron chi connectivity index (χ1n) is 6.40. The van der Waals surface area contributed by atoms with Crippen LogP contribution < -0.4 is 4.74 Å². The number of ketones is 1. The van der Waals surface area contributed by atoms with Gasteiger partial charge in [-0.3, -0.25) is 4.79 Å². The molecule has 4 nitrogen and oxygen atoms in total. The number of benzene rings is 1. The van der Waals surface area contributed by atoms with E-state index in [9.17, 15) is 4.79 Å². The van der Waals surface area contributed by atoms with Crippen LogP contribution in [0.15, 0.2) is 41.5 Å². The summed E-state index contributed by atoms with van der Waals surface area (Å²) in [5.74, 6) is 1.33. The maximum atomic E-state index is 12.3. The molecule has 0 unspecified atom stereocenters. The maximum Gasteiger partial charge on any atom is 0.172 e. The number of nitrogens with zero attached hydrogens (tertiary/aromatic N) is 2. The van der Waals surface area contributed by atoms with Gasteiger partial charge >= 0.3 is 0 Å². The number of aliphatic imine (C=N–C) groups is 1. The Hall–Kier alpha value is -2.49. The minimum Gasteiger partial charge on any atom is -0.497 e. The van der Waals surface area contributed by atoms with Crippen molar-refractivity contribution in [2.45, 2.75) is 13.3 Å². The first kappa shape index (κ1) is 12.5. The fourth-order valence-corrected chi connectivity index (χ4v) is 2.35. The molecular weight excluding hydrogens is 252 g/mol. The van der Waals surface area contributed by atoms with E-state index in [4.69, 9.17) is 4.74 Å². The summed E-state index contributed by atoms with van der Waals surface area (Å²) < 4.78 is 5.21. The highest BCUT2D eigenvalue weighted by Gasteiger charge is 2.23. The minimum absolute atomic E-state index is 0.0680. The Kier molecular flexibility index (Phi) is 3.06. The highest BCUT2D eigenvalue weighted by atomic mass is 16.5. The number of carbonyl (C=O) groups is 1. The Labute approximate surface area is 117 Å². The van der Waals surface area contributed by atoms with Gasteiger partial charge in [-0.25, -0.2) is 9.98 Å².